The molecule has 1 rings (SSSR count). The molecule has 18 heavy (non-hydrogen) atoms. The second-order valence-electron chi connectivity index (χ2n) is 6.38. The van der Waals surface area contributed by atoms with E-state index in [1.54, 1.807) is 6.92 Å². The molecule has 0 aromatic rings. The first kappa shape index (κ1) is 15.8. The number of alkyl halides is 2. The van der Waals surface area contributed by atoms with E-state index in [0.717, 1.165) is 13.0 Å². The largest absolute Gasteiger partial charge is 0.390 e. The Morgan fingerprint density at radius 3 is 2.67 bits per heavy atom. The molecule has 0 spiro atoms. The third kappa shape index (κ3) is 6.10. The van der Waals surface area contributed by atoms with Crippen LogP contribution >= 0.6 is 0 Å². The molecule has 2 unspecified atom stereocenters. The number of aliphatic hydroxyl groups is 1. The van der Waals surface area contributed by atoms with Gasteiger partial charge < -0.3 is 10.4 Å². The Bertz CT molecular complexity index is 254. The van der Waals surface area contributed by atoms with E-state index in [-0.39, 0.29) is 18.8 Å². The molecule has 0 radical (unpaired) electrons. The SMILES string of the molecule is CC(C)NCCC(C)(O)CC1CCCC(F)(F)C1. The summed E-state index contributed by atoms with van der Waals surface area (Å²) in [5, 5.41) is 13.5. The van der Waals surface area contributed by atoms with E-state index >= 15 is 0 Å². The van der Waals surface area contributed by atoms with Crippen molar-refractivity contribution in [2.24, 2.45) is 5.92 Å². The zero-order valence-corrected chi connectivity index (χ0v) is 11.8. The molecule has 108 valence electrons. The maximum atomic E-state index is 13.3. The fourth-order valence-corrected chi connectivity index (χ4v) is 2.80. The van der Waals surface area contributed by atoms with Crippen LogP contribution in [-0.4, -0.2) is 29.2 Å². The zero-order chi connectivity index (χ0) is 13.8. The van der Waals surface area contributed by atoms with E-state index in [0.29, 0.717) is 25.3 Å². The Balaban J connectivity index is 2.35. The highest BCUT2D eigenvalue weighted by atomic mass is 19.3. The lowest BCUT2D eigenvalue weighted by atomic mass is 9.79. The Morgan fingerprint density at radius 2 is 2.11 bits per heavy atom. The summed E-state index contributed by atoms with van der Waals surface area (Å²) in [5.41, 5.74) is -0.833. The van der Waals surface area contributed by atoms with Crippen molar-refractivity contribution >= 4 is 0 Å². The van der Waals surface area contributed by atoms with Crippen LogP contribution in [0.3, 0.4) is 0 Å². The molecule has 0 bridgehead atoms. The van der Waals surface area contributed by atoms with Crippen LogP contribution < -0.4 is 5.32 Å². The van der Waals surface area contributed by atoms with Gasteiger partial charge in [0.1, 0.15) is 0 Å². The van der Waals surface area contributed by atoms with Gasteiger partial charge in [-0.2, -0.15) is 0 Å². The first-order chi connectivity index (χ1) is 8.20. The van der Waals surface area contributed by atoms with Crippen molar-refractivity contribution in [1.82, 2.24) is 5.32 Å². The van der Waals surface area contributed by atoms with Gasteiger partial charge in [-0.05, 0) is 45.1 Å². The minimum Gasteiger partial charge on any atom is -0.390 e. The van der Waals surface area contributed by atoms with Crippen LogP contribution in [0.4, 0.5) is 8.78 Å². The number of hydrogen-bond acceptors (Lipinski definition) is 2. The monoisotopic (exact) mass is 263 g/mol. The molecule has 0 amide bonds. The van der Waals surface area contributed by atoms with Crippen LogP contribution in [0.1, 0.15) is 59.3 Å². The molecule has 0 heterocycles. The van der Waals surface area contributed by atoms with Gasteiger partial charge in [-0.3, -0.25) is 0 Å². The summed E-state index contributed by atoms with van der Waals surface area (Å²) < 4.78 is 26.6. The van der Waals surface area contributed by atoms with E-state index in [1.807, 2.05) is 0 Å². The number of hydrogen-bond donors (Lipinski definition) is 2. The van der Waals surface area contributed by atoms with Gasteiger partial charge in [-0.15, -0.1) is 0 Å². The maximum Gasteiger partial charge on any atom is 0.248 e. The average Bonchev–Trinajstić information content (AvgIpc) is 2.13. The lowest BCUT2D eigenvalue weighted by molar-refractivity contribution is -0.0691. The maximum absolute atomic E-state index is 13.3. The molecule has 1 aliphatic carbocycles. The summed E-state index contributed by atoms with van der Waals surface area (Å²) in [7, 11) is 0. The van der Waals surface area contributed by atoms with E-state index in [4.69, 9.17) is 0 Å². The highest BCUT2D eigenvalue weighted by molar-refractivity contribution is 4.84. The molecule has 4 heteroatoms. The first-order valence-corrected chi connectivity index (χ1v) is 7.04. The van der Waals surface area contributed by atoms with Crippen molar-refractivity contribution in [1.29, 1.82) is 0 Å². The molecule has 1 fully saturated rings. The molecule has 2 N–H and O–H groups in total. The van der Waals surface area contributed by atoms with E-state index in [1.165, 1.54) is 0 Å². The summed E-state index contributed by atoms with van der Waals surface area (Å²) in [4.78, 5) is 0. The Labute approximate surface area is 109 Å². The van der Waals surface area contributed by atoms with Gasteiger partial charge in [0.15, 0.2) is 0 Å². The standard InChI is InChI=1S/C14H27F2NO/c1-11(2)17-8-7-13(3,18)9-12-5-4-6-14(15,16)10-12/h11-12,17-18H,4-10H2,1-3H3. The molecule has 0 saturated heterocycles. The normalized spacial score (nSPS) is 27.2. The molecule has 2 nitrogen and oxygen atoms in total. The lowest BCUT2D eigenvalue weighted by Gasteiger charge is -2.34. The number of nitrogens with one attached hydrogen (secondary N) is 1. The smallest absolute Gasteiger partial charge is 0.248 e. The second-order valence-corrected chi connectivity index (χ2v) is 6.38. The predicted octanol–water partition coefficient (Wildman–Crippen LogP) is 3.34. The van der Waals surface area contributed by atoms with Gasteiger partial charge in [0.2, 0.25) is 5.92 Å². The third-order valence-corrected chi connectivity index (χ3v) is 3.69. The molecule has 0 aromatic carbocycles. The topological polar surface area (TPSA) is 32.3 Å². The summed E-state index contributed by atoms with van der Waals surface area (Å²) in [6, 6.07) is 0.389. The Kier molecular flexibility index (Phi) is 5.53. The van der Waals surface area contributed by atoms with Crippen LogP contribution in [-0.2, 0) is 0 Å². The second kappa shape index (κ2) is 6.29. The average molecular weight is 263 g/mol. The minimum atomic E-state index is -2.52. The highest BCUT2D eigenvalue weighted by Crippen LogP contribution is 2.40. The molecular weight excluding hydrogens is 236 g/mol. The van der Waals surface area contributed by atoms with E-state index < -0.39 is 11.5 Å². The van der Waals surface area contributed by atoms with Crippen LogP contribution in [0.5, 0.6) is 0 Å². The van der Waals surface area contributed by atoms with Crippen molar-refractivity contribution in [3.8, 4) is 0 Å². The third-order valence-electron chi connectivity index (χ3n) is 3.69. The number of halogens is 2. The molecular formula is C14H27F2NO. The van der Waals surface area contributed by atoms with E-state index in [9.17, 15) is 13.9 Å². The van der Waals surface area contributed by atoms with E-state index in [2.05, 4.69) is 19.2 Å². The lowest BCUT2D eigenvalue weighted by Crippen LogP contribution is -2.36. The van der Waals surface area contributed by atoms with Gasteiger partial charge >= 0.3 is 0 Å². The van der Waals surface area contributed by atoms with Gasteiger partial charge in [-0.1, -0.05) is 13.8 Å². The zero-order valence-electron chi connectivity index (χ0n) is 11.8. The van der Waals surface area contributed by atoms with Crippen molar-refractivity contribution in [2.75, 3.05) is 6.54 Å². The van der Waals surface area contributed by atoms with Crippen LogP contribution in [0.25, 0.3) is 0 Å². The summed E-state index contributed by atoms with van der Waals surface area (Å²) >= 11 is 0. The van der Waals surface area contributed by atoms with Crippen LogP contribution in [0, 0.1) is 5.92 Å². The fourth-order valence-electron chi connectivity index (χ4n) is 2.80. The molecule has 1 aliphatic rings. The molecule has 0 aliphatic heterocycles. The summed E-state index contributed by atoms with van der Waals surface area (Å²) in [6.07, 6.45) is 2.47. The fraction of sp³-hybridized carbons (Fsp3) is 1.00. The van der Waals surface area contributed by atoms with Gasteiger partial charge in [-0.25, -0.2) is 8.78 Å². The van der Waals surface area contributed by atoms with Crippen LogP contribution in [0.2, 0.25) is 0 Å². The summed E-state index contributed by atoms with van der Waals surface area (Å²) in [6.45, 7) is 6.60. The van der Waals surface area contributed by atoms with Crippen molar-refractivity contribution in [3.63, 3.8) is 0 Å². The van der Waals surface area contributed by atoms with Crippen molar-refractivity contribution < 1.29 is 13.9 Å². The van der Waals surface area contributed by atoms with Gasteiger partial charge in [0.05, 0.1) is 5.60 Å². The van der Waals surface area contributed by atoms with Crippen LogP contribution in [0.15, 0.2) is 0 Å². The first-order valence-electron chi connectivity index (χ1n) is 7.04. The Morgan fingerprint density at radius 1 is 1.44 bits per heavy atom. The number of rotatable bonds is 6. The molecule has 2 atom stereocenters. The minimum absolute atomic E-state index is 0.0144. The van der Waals surface area contributed by atoms with Crippen molar-refractivity contribution in [3.05, 3.63) is 0 Å². The highest BCUT2D eigenvalue weighted by Gasteiger charge is 2.38. The predicted molar refractivity (Wildman–Crippen MR) is 69.9 cm³/mol. The quantitative estimate of drug-likeness (QED) is 0.770. The summed E-state index contributed by atoms with van der Waals surface area (Å²) in [5.74, 6) is -2.56. The van der Waals surface area contributed by atoms with Crippen molar-refractivity contribution in [2.45, 2.75) is 76.9 Å². The molecule has 0 aromatic heterocycles. The van der Waals surface area contributed by atoms with Gasteiger partial charge in [0.25, 0.3) is 0 Å². The Hall–Kier alpha value is -0.220. The van der Waals surface area contributed by atoms with Gasteiger partial charge in [0, 0.05) is 18.9 Å². The molecule has 1 saturated carbocycles.